The van der Waals surface area contributed by atoms with Crippen molar-refractivity contribution in [1.82, 2.24) is 10.2 Å². The molecule has 2 heterocycles. The summed E-state index contributed by atoms with van der Waals surface area (Å²) in [6, 6.07) is 5.39. The summed E-state index contributed by atoms with van der Waals surface area (Å²) in [6.07, 6.45) is 5.50. The first-order chi connectivity index (χ1) is 8.33. The molecule has 0 bridgehead atoms. The molecule has 1 atom stereocenters. The largest absolute Gasteiger partial charge is 0.315 e. The second-order valence-corrected chi connectivity index (χ2v) is 6.18. The number of piperidine rings is 1. The van der Waals surface area contributed by atoms with Crippen LogP contribution >= 0.6 is 11.3 Å². The Balaban J connectivity index is 1.93. The molecule has 1 N–H and O–H groups in total. The monoisotopic (exact) mass is 252 g/mol. The first kappa shape index (κ1) is 13.1. The molecule has 17 heavy (non-hydrogen) atoms. The molecule has 1 aromatic rings. The van der Waals surface area contributed by atoms with Crippen LogP contribution < -0.4 is 5.32 Å². The van der Waals surface area contributed by atoms with E-state index in [4.69, 9.17) is 0 Å². The van der Waals surface area contributed by atoms with Crippen molar-refractivity contribution in [2.75, 3.05) is 13.6 Å². The summed E-state index contributed by atoms with van der Waals surface area (Å²) in [5, 5.41) is 3.22. The second-order valence-electron chi connectivity index (χ2n) is 4.93. The van der Waals surface area contributed by atoms with Crippen LogP contribution in [0.4, 0.5) is 0 Å². The van der Waals surface area contributed by atoms with Crippen molar-refractivity contribution in [2.24, 2.45) is 0 Å². The molecule has 2 nitrogen and oxygen atoms in total. The molecule has 0 radical (unpaired) electrons. The number of rotatable bonds is 5. The Bertz CT molecular complexity index is 335. The lowest BCUT2D eigenvalue weighted by atomic mass is 10.00. The third kappa shape index (κ3) is 3.54. The highest BCUT2D eigenvalue weighted by atomic mass is 32.1. The summed E-state index contributed by atoms with van der Waals surface area (Å²) in [5.41, 5.74) is 0. The molecule has 0 aromatic carbocycles. The lowest BCUT2D eigenvalue weighted by molar-refractivity contribution is 0.137. The molecule has 0 saturated carbocycles. The van der Waals surface area contributed by atoms with E-state index in [2.05, 4.69) is 29.3 Å². The first-order valence-corrected chi connectivity index (χ1v) is 7.61. The third-order valence-electron chi connectivity index (χ3n) is 3.65. The number of nitrogens with one attached hydrogen (secondary N) is 1. The highest BCUT2D eigenvalue weighted by Crippen LogP contribution is 2.24. The van der Waals surface area contributed by atoms with Gasteiger partial charge >= 0.3 is 0 Å². The Hall–Kier alpha value is -0.380. The minimum atomic E-state index is 0.818. The van der Waals surface area contributed by atoms with Crippen LogP contribution in [0, 0.1) is 0 Å². The van der Waals surface area contributed by atoms with Gasteiger partial charge in [-0.1, -0.05) is 13.3 Å². The molecule has 1 fully saturated rings. The average molecular weight is 252 g/mol. The van der Waals surface area contributed by atoms with Crippen LogP contribution in [0.1, 0.15) is 42.4 Å². The van der Waals surface area contributed by atoms with Crippen LogP contribution in [0.25, 0.3) is 0 Å². The fourth-order valence-corrected chi connectivity index (χ4v) is 3.76. The molecule has 96 valence electrons. The normalized spacial score (nSPS) is 21.9. The molecule has 0 amide bonds. The second kappa shape index (κ2) is 6.53. The summed E-state index contributed by atoms with van der Waals surface area (Å²) in [4.78, 5) is 5.65. The Morgan fingerprint density at radius 3 is 2.94 bits per heavy atom. The fraction of sp³-hybridized carbons (Fsp3) is 0.714. The Morgan fingerprint density at radius 1 is 1.35 bits per heavy atom. The molecule has 1 saturated heterocycles. The van der Waals surface area contributed by atoms with Gasteiger partial charge in [0.2, 0.25) is 0 Å². The molecule has 1 aliphatic rings. The van der Waals surface area contributed by atoms with Gasteiger partial charge in [-0.3, -0.25) is 4.90 Å². The maximum Gasteiger partial charge on any atom is 0.0330 e. The van der Waals surface area contributed by atoms with Crippen LogP contribution in [-0.2, 0) is 13.1 Å². The van der Waals surface area contributed by atoms with Gasteiger partial charge in [-0.05, 0) is 45.0 Å². The predicted molar refractivity (Wildman–Crippen MR) is 75.4 cm³/mol. The van der Waals surface area contributed by atoms with Gasteiger partial charge in [0.15, 0.2) is 0 Å². The van der Waals surface area contributed by atoms with E-state index < -0.39 is 0 Å². The van der Waals surface area contributed by atoms with Crippen molar-refractivity contribution in [3.63, 3.8) is 0 Å². The topological polar surface area (TPSA) is 15.3 Å². The van der Waals surface area contributed by atoms with Crippen LogP contribution in [0.5, 0.6) is 0 Å². The standard InChI is InChI=1S/C14H24N2S/c1-3-12-6-4-5-9-16(12)11-14-8-7-13(17-14)10-15-2/h7-8,12,15H,3-6,9-11H2,1-2H3. The number of nitrogens with zero attached hydrogens (tertiary/aromatic N) is 1. The summed E-state index contributed by atoms with van der Waals surface area (Å²) in [7, 11) is 2.01. The summed E-state index contributed by atoms with van der Waals surface area (Å²) >= 11 is 1.96. The molecular weight excluding hydrogens is 228 g/mol. The van der Waals surface area contributed by atoms with Crippen molar-refractivity contribution in [3.8, 4) is 0 Å². The van der Waals surface area contributed by atoms with E-state index in [1.165, 1.54) is 42.0 Å². The van der Waals surface area contributed by atoms with E-state index in [0.717, 1.165) is 19.1 Å². The van der Waals surface area contributed by atoms with E-state index in [1.54, 1.807) is 0 Å². The Morgan fingerprint density at radius 2 is 2.18 bits per heavy atom. The van der Waals surface area contributed by atoms with Gasteiger partial charge in [-0.2, -0.15) is 0 Å². The van der Waals surface area contributed by atoms with Crippen molar-refractivity contribution >= 4 is 11.3 Å². The Kier molecular flexibility index (Phi) is 5.01. The zero-order chi connectivity index (χ0) is 12.1. The lowest BCUT2D eigenvalue weighted by Crippen LogP contribution is -2.38. The molecule has 1 aromatic heterocycles. The minimum absolute atomic E-state index is 0.818. The van der Waals surface area contributed by atoms with E-state index in [1.807, 2.05) is 18.4 Å². The van der Waals surface area contributed by atoms with Crippen LogP contribution in [0.3, 0.4) is 0 Å². The first-order valence-electron chi connectivity index (χ1n) is 6.79. The van der Waals surface area contributed by atoms with Gasteiger partial charge < -0.3 is 5.32 Å². The van der Waals surface area contributed by atoms with Gasteiger partial charge in [-0.25, -0.2) is 0 Å². The van der Waals surface area contributed by atoms with E-state index >= 15 is 0 Å². The summed E-state index contributed by atoms with van der Waals surface area (Å²) in [6.45, 7) is 5.77. The molecular formula is C14H24N2S. The van der Waals surface area contributed by atoms with E-state index in [0.29, 0.717) is 0 Å². The molecule has 3 heteroatoms. The quantitative estimate of drug-likeness (QED) is 0.865. The van der Waals surface area contributed by atoms with Crippen molar-refractivity contribution in [1.29, 1.82) is 0 Å². The zero-order valence-corrected chi connectivity index (χ0v) is 11.9. The highest BCUT2D eigenvalue weighted by Gasteiger charge is 2.20. The van der Waals surface area contributed by atoms with Crippen LogP contribution in [-0.4, -0.2) is 24.5 Å². The van der Waals surface area contributed by atoms with Crippen molar-refractivity contribution in [2.45, 2.75) is 51.7 Å². The molecule has 0 aliphatic carbocycles. The molecule has 0 spiro atoms. The number of hydrogen-bond donors (Lipinski definition) is 1. The van der Waals surface area contributed by atoms with Gasteiger partial charge in [-0.15, -0.1) is 11.3 Å². The fourth-order valence-electron chi connectivity index (χ4n) is 2.71. The Labute approximate surface area is 109 Å². The summed E-state index contributed by atoms with van der Waals surface area (Å²) < 4.78 is 0. The summed E-state index contributed by atoms with van der Waals surface area (Å²) in [5.74, 6) is 0. The predicted octanol–water partition coefficient (Wildman–Crippen LogP) is 3.23. The van der Waals surface area contributed by atoms with Gasteiger partial charge in [0.05, 0.1) is 0 Å². The van der Waals surface area contributed by atoms with E-state index in [9.17, 15) is 0 Å². The van der Waals surface area contributed by atoms with Crippen LogP contribution in [0.15, 0.2) is 12.1 Å². The third-order valence-corrected chi connectivity index (χ3v) is 4.72. The van der Waals surface area contributed by atoms with E-state index in [-0.39, 0.29) is 0 Å². The molecule has 1 unspecified atom stereocenters. The van der Waals surface area contributed by atoms with Gasteiger partial charge in [0.25, 0.3) is 0 Å². The SMILES string of the molecule is CCC1CCCCN1Cc1ccc(CNC)s1. The van der Waals surface area contributed by atoms with Crippen molar-refractivity contribution in [3.05, 3.63) is 21.9 Å². The molecule has 2 rings (SSSR count). The van der Waals surface area contributed by atoms with Crippen LogP contribution in [0.2, 0.25) is 0 Å². The zero-order valence-electron chi connectivity index (χ0n) is 11.0. The maximum absolute atomic E-state index is 3.22. The smallest absolute Gasteiger partial charge is 0.0330 e. The van der Waals surface area contributed by atoms with Gasteiger partial charge in [0, 0.05) is 28.9 Å². The number of likely N-dealkylation sites (tertiary alicyclic amines) is 1. The maximum atomic E-state index is 3.22. The highest BCUT2D eigenvalue weighted by molar-refractivity contribution is 7.11. The van der Waals surface area contributed by atoms with Gasteiger partial charge in [0.1, 0.15) is 0 Å². The van der Waals surface area contributed by atoms with Crippen molar-refractivity contribution < 1.29 is 0 Å². The molecule has 1 aliphatic heterocycles. The lowest BCUT2D eigenvalue weighted by Gasteiger charge is -2.34. The minimum Gasteiger partial charge on any atom is -0.315 e. The number of thiophene rings is 1. The average Bonchev–Trinajstić information content (AvgIpc) is 2.78. The number of hydrogen-bond acceptors (Lipinski definition) is 3.